The van der Waals surface area contributed by atoms with Crippen LogP contribution in [0.4, 0.5) is 0 Å². The molecule has 2 N–H and O–H groups in total. The molecule has 4 nitrogen and oxygen atoms in total. The molecular formula is C11H19N3OS. The smallest absolute Gasteiger partial charge is 0.225 e. The van der Waals surface area contributed by atoms with Crippen molar-refractivity contribution in [1.82, 2.24) is 10.6 Å². The van der Waals surface area contributed by atoms with E-state index in [9.17, 15) is 4.79 Å². The fourth-order valence-corrected chi connectivity index (χ4v) is 2.05. The molecule has 0 bridgehead atoms. The average Bonchev–Trinajstić information content (AvgIpc) is 2.16. The van der Waals surface area contributed by atoms with E-state index in [4.69, 9.17) is 5.26 Å². The second-order valence-electron chi connectivity index (χ2n) is 4.14. The van der Waals surface area contributed by atoms with Gasteiger partial charge in [-0.05, 0) is 19.4 Å². The zero-order valence-corrected chi connectivity index (χ0v) is 10.3. The Morgan fingerprint density at radius 1 is 1.56 bits per heavy atom. The van der Waals surface area contributed by atoms with E-state index >= 15 is 0 Å². The summed E-state index contributed by atoms with van der Waals surface area (Å²) in [6, 6.07) is 1.99. The number of amides is 1. The number of carbonyl (C=O) groups excluding carboxylic acids is 1. The number of hydrogen-bond acceptors (Lipinski definition) is 4. The maximum atomic E-state index is 11.8. The Labute approximate surface area is 102 Å². The van der Waals surface area contributed by atoms with Crippen LogP contribution >= 0.6 is 12.6 Å². The van der Waals surface area contributed by atoms with E-state index in [-0.39, 0.29) is 23.6 Å². The number of nitriles is 1. The van der Waals surface area contributed by atoms with Crippen molar-refractivity contribution in [2.45, 2.75) is 37.5 Å². The quantitative estimate of drug-likeness (QED) is 0.511. The summed E-state index contributed by atoms with van der Waals surface area (Å²) in [5.74, 6) is 0.0401. The highest BCUT2D eigenvalue weighted by Gasteiger charge is 2.20. The lowest BCUT2D eigenvalue weighted by atomic mass is 9.98. The monoisotopic (exact) mass is 241 g/mol. The Morgan fingerprint density at radius 3 is 3.12 bits per heavy atom. The first kappa shape index (κ1) is 13.3. The highest BCUT2D eigenvalue weighted by molar-refractivity contribution is 7.80. The largest absolute Gasteiger partial charge is 0.343 e. The van der Waals surface area contributed by atoms with E-state index in [2.05, 4.69) is 23.3 Å². The normalized spacial score (nSPS) is 23.6. The predicted octanol–water partition coefficient (Wildman–Crippen LogP) is 1.05. The molecule has 0 radical (unpaired) electrons. The molecule has 0 saturated carbocycles. The summed E-state index contributed by atoms with van der Waals surface area (Å²) in [7, 11) is 0. The van der Waals surface area contributed by atoms with E-state index in [0.29, 0.717) is 0 Å². The van der Waals surface area contributed by atoms with Gasteiger partial charge >= 0.3 is 0 Å². The van der Waals surface area contributed by atoms with Gasteiger partial charge in [0.2, 0.25) is 5.91 Å². The summed E-state index contributed by atoms with van der Waals surface area (Å²) in [5.41, 5.74) is 0. The molecule has 16 heavy (non-hydrogen) atoms. The van der Waals surface area contributed by atoms with Crippen LogP contribution < -0.4 is 10.6 Å². The van der Waals surface area contributed by atoms with Gasteiger partial charge < -0.3 is 10.6 Å². The zero-order valence-electron chi connectivity index (χ0n) is 9.41. The minimum Gasteiger partial charge on any atom is -0.343 e. The first-order chi connectivity index (χ1) is 7.74. The Bertz CT molecular complexity index is 256. The maximum absolute atomic E-state index is 11.8. The Kier molecular flexibility index (Phi) is 6.27. The summed E-state index contributed by atoms with van der Waals surface area (Å²) in [6.07, 6.45) is 4.65. The third-order valence-electron chi connectivity index (χ3n) is 2.76. The van der Waals surface area contributed by atoms with Crippen molar-refractivity contribution >= 4 is 18.5 Å². The molecule has 0 aromatic carbocycles. The molecule has 2 unspecified atom stereocenters. The average molecular weight is 241 g/mol. The van der Waals surface area contributed by atoms with Gasteiger partial charge in [0.25, 0.3) is 0 Å². The highest BCUT2D eigenvalue weighted by Crippen LogP contribution is 2.13. The standard InChI is InChI=1S/C11H19N3OS/c12-6-5-10(16)14-11(15)9-4-2-1-3-7-13-8-9/h9-10,13,16H,1-5,7-8H2,(H,14,15). The van der Waals surface area contributed by atoms with Crippen molar-refractivity contribution in [3.8, 4) is 6.07 Å². The van der Waals surface area contributed by atoms with E-state index in [0.717, 1.165) is 25.9 Å². The Balaban J connectivity index is 2.35. The second kappa shape index (κ2) is 7.53. The number of hydrogen-bond donors (Lipinski definition) is 3. The summed E-state index contributed by atoms with van der Waals surface area (Å²) in [4.78, 5) is 11.8. The molecule has 0 aromatic rings. The van der Waals surface area contributed by atoms with Crippen LogP contribution in [0, 0.1) is 17.2 Å². The fraction of sp³-hybridized carbons (Fsp3) is 0.818. The topological polar surface area (TPSA) is 64.9 Å². The van der Waals surface area contributed by atoms with Crippen molar-refractivity contribution in [2.24, 2.45) is 5.92 Å². The molecule has 5 heteroatoms. The summed E-state index contributed by atoms with van der Waals surface area (Å²) < 4.78 is 0. The van der Waals surface area contributed by atoms with Gasteiger partial charge in [-0.1, -0.05) is 12.8 Å². The van der Waals surface area contributed by atoms with Crippen molar-refractivity contribution in [3.63, 3.8) is 0 Å². The van der Waals surface area contributed by atoms with Gasteiger partial charge in [-0.25, -0.2) is 0 Å². The first-order valence-electron chi connectivity index (χ1n) is 5.80. The minimum atomic E-state index is -0.344. The molecule has 1 saturated heterocycles. The molecule has 1 fully saturated rings. The molecule has 1 aliphatic rings. The van der Waals surface area contributed by atoms with Crippen LogP contribution in [-0.4, -0.2) is 24.4 Å². The van der Waals surface area contributed by atoms with Crippen molar-refractivity contribution in [1.29, 1.82) is 5.26 Å². The van der Waals surface area contributed by atoms with Crippen molar-refractivity contribution in [3.05, 3.63) is 0 Å². The van der Waals surface area contributed by atoms with Gasteiger partial charge in [0.05, 0.1) is 23.8 Å². The molecule has 0 aliphatic carbocycles. The molecule has 2 atom stereocenters. The van der Waals surface area contributed by atoms with Gasteiger partial charge in [-0.2, -0.15) is 17.9 Å². The Hall–Kier alpha value is -0.730. The van der Waals surface area contributed by atoms with E-state index in [1.54, 1.807) is 0 Å². The highest BCUT2D eigenvalue weighted by atomic mass is 32.1. The van der Waals surface area contributed by atoms with Gasteiger partial charge in [0.15, 0.2) is 0 Å². The predicted molar refractivity (Wildman–Crippen MR) is 66.0 cm³/mol. The molecule has 1 rings (SSSR count). The fourth-order valence-electron chi connectivity index (χ4n) is 1.84. The van der Waals surface area contributed by atoms with Gasteiger partial charge in [0, 0.05) is 6.54 Å². The number of carbonyl (C=O) groups is 1. The summed E-state index contributed by atoms with van der Waals surface area (Å²) in [5, 5.41) is 14.2. The number of nitrogens with zero attached hydrogens (tertiary/aromatic N) is 1. The number of thiol groups is 1. The van der Waals surface area contributed by atoms with E-state index in [1.165, 1.54) is 12.8 Å². The van der Waals surface area contributed by atoms with Crippen LogP contribution in [-0.2, 0) is 4.79 Å². The molecule has 0 spiro atoms. The minimum absolute atomic E-state index is 0.0182. The molecule has 1 heterocycles. The van der Waals surface area contributed by atoms with Crippen LogP contribution in [0.3, 0.4) is 0 Å². The third kappa shape index (κ3) is 4.86. The lowest BCUT2D eigenvalue weighted by Gasteiger charge is -2.21. The van der Waals surface area contributed by atoms with E-state index in [1.807, 2.05) is 6.07 Å². The maximum Gasteiger partial charge on any atom is 0.225 e. The summed E-state index contributed by atoms with van der Waals surface area (Å²) >= 11 is 4.14. The van der Waals surface area contributed by atoms with Crippen LogP contribution in [0.2, 0.25) is 0 Å². The Morgan fingerprint density at radius 2 is 2.38 bits per heavy atom. The lowest BCUT2D eigenvalue weighted by molar-refractivity contribution is -0.125. The summed E-state index contributed by atoms with van der Waals surface area (Å²) in [6.45, 7) is 1.73. The van der Waals surface area contributed by atoms with Crippen molar-refractivity contribution in [2.75, 3.05) is 13.1 Å². The lowest BCUT2D eigenvalue weighted by Crippen LogP contribution is -2.41. The van der Waals surface area contributed by atoms with Crippen molar-refractivity contribution < 1.29 is 4.79 Å². The van der Waals surface area contributed by atoms with Gasteiger partial charge in [0.1, 0.15) is 0 Å². The molecule has 1 amide bonds. The number of nitrogens with one attached hydrogen (secondary N) is 2. The van der Waals surface area contributed by atoms with Crippen LogP contribution in [0.15, 0.2) is 0 Å². The van der Waals surface area contributed by atoms with Crippen LogP contribution in [0.5, 0.6) is 0 Å². The molecule has 90 valence electrons. The molecular weight excluding hydrogens is 222 g/mol. The SMILES string of the molecule is N#CCC(S)NC(=O)C1CCCCCNC1. The first-order valence-corrected chi connectivity index (χ1v) is 6.32. The number of rotatable bonds is 3. The van der Waals surface area contributed by atoms with Crippen LogP contribution in [0.25, 0.3) is 0 Å². The molecule has 0 aromatic heterocycles. The van der Waals surface area contributed by atoms with Gasteiger partial charge in [-0.3, -0.25) is 4.79 Å². The second-order valence-corrected chi connectivity index (χ2v) is 4.76. The van der Waals surface area contributed by atoms with E-state index < -0.39 is 0 Å². The molecule has 1 aliphatic heterocycles. The van der Waals surface area contributed by atoms with Crippen LogP contribution in [0.1, 0.15) is 32.1 Å². The third-order valence-corrected chi connectivity index (χ3v) is 3.07. The zero-order chi connectivity index (χ0) is 11.8. The van der Waals surface area contributed by atoms with Gasteiger partial charge in [-0.15, -0.1) is 0 Å².